The summed E-state index contributed by atoms with van der Waals surface area (Å²) in [5.74, 6) is 1.58. The third kappa shape index (κ3) is 4.34. The summed E-state index contributed by atoms with van der Waals surface area (Å²) in [4.78, 5) is 17.1. The molecule has 4 N–H and O–H groups in total. The fourth-order valence-corrected chi connectivity index (χ4v) is 4.22. The highest BCUT2D eigenvalue weighted by atomic mass is 16.5. The molecule has 1 unspecified atom stereocenters. The summed E-state index contributed by atoms with van der Waals surface area (Å²) in [6.07, 6.45) is 0. The monoisotopic (exact) mass is 483 g/mol. The van der Waals surface area contributed by atoms with E-state index in [2.05, 4.69) is 15.4 Å². The Hall–Kier alpha value is -4.79. The fraction of sp³-hybridized carbons (Fsp3) is 0.148. The number of nitrogens with one attached hydrogen (secondary N) is 1. The molecular formula is C27H25N5O4. The van der Waals surface area contributed by atoms with Crippen molar-refractivity contribution in [3.63, 3.8) is 0 Å². The number of rotatable bonds is 7. The Morgan fingerprint density at radius 3 is 2.53 bits per heavy atom. The van der Waals surface area contributed by atoms with Crippen molar-refractivity contribution >= 4 is 11.9 Å². The van der Waals surface area contributed by atoms with E-state index in [1.807, 2.05) is 48.5 Å². The van der Waals surface area contributed by atoms with Gasteiger partial charge in [0.25, 0.3) is 0 Å². The first-order chi connectivity index (χ1) is 17.4. The number of allylic oxidation sites excluding steroid dienone is 1. The minimum atomic E-state index is -0.630. The van der Waals surface area contributed by atoms with Gasteiger partial charge in [-0.25, -0.2) is 4.68 Å². The molecule has 1 aliphatic heterocycles. The first-order valence-corrected chi connectivity index (χ1v) is 11.3. The summed E-state index contributed by atoms with van der Waals surface area (Å²) < 4.78 is 13.2. The Morgan fingerprint density at radius 1 is 1.08 bits per heavy atom. The lowest BCUT2D eigenvalue weighted by Gasteiger charge is -2.28. The third-order valence-electron chi connectivity index (χ3n) is 5.98. The van der Waals surface area contributed by atoms with Crippen molar-refractivity contribution in [1.29, 1.82) is 0 Å². The molecule has 0 saturated heterocycles. The van der Waals surface area contributed by atoms with E-state index in [0.717, 1.165) is 16.7 Å². The van der Waals surface area contributed by atoms with Gasteiger partial charge in [0.15, 0.2) is 17.3 Å². The zero-order valence-electron chi connectivity index (χ0n) is 19.8. The van der Waals surface area contributed by atoms with Crippen molar-refractivity contribution in [2.24, 2.45) is 5.73 Å². The van der Waals surface area contributed by atoms with Crippen molar-refractivity contribution in [3.05, 3.63) is 95.2 Å². The van der Waals surface area contributed by atoms with Gasteiger partial charge >= 0.3 is 0 Å². The number of nitrogens with zero attached hydrogens (tertiary/aromatic N) is 3. The van der Waals surface area contributed by atoms with Crippen LogP contribution in [-0.4, -0.2) is 32.9 Å². The van der Waals surface area contributed by atoms with Crippen LogP contribution in [0.3, 0.4) is 0 Å². The predicted octanol–water partition coefficient (Wildman–Crippen LogP) is 4.01. The average molecular weight is 484 g/mol. The molecule has 5 rings (SSSR count). The van der Waals surface area contributed by atoms with Gasteiger partial charge in [0, 0.05) is 11.3 Å². The number of carbonyl (C=O) groups is 1. The van der Waals surface area contributed by atoms with Crippen LogP contribution in [0.4, 0.5) is 5.95 Å². The second kappa shape index (κ2) is 9.46. The highest BCUT2D eigenvalue weighted by molar-refractivity contribution is 5.95. The number of methoxy groups -OCH3 is 1. The number of nitrogens with two attached hydrogens (primary N) is 1. The molecule has 3 aromatic carbocycles. The summed E-state index contributed by atoms with van der Waals surface area (Å²) in [7, 11) is 1.57. The van der Waals surface area contributed by atoms with E-state index in [1.54, 1.807) is 43.0 Å². The maximum Gasteiger partial charge on any atom is 0.248 e. The number of anilines is 1. The molecule has 9 heteroatoms. The van der Waals surface area contributed by atoms with E-state index in [9.17, 15) is 9.90 Å². The molecule has 1 amide bonds. The molecule has 0 saturated carbocycles. The third-order valence-corrected chi connectivity index (χ3v) is 5.98. The minimum absolute atomic E-state index is 0.147. The van der Waals surface area contributed by atoms with Gasteiger partial charge in [-0.15, -0.1) is 5.10 Å². The number of fused-ring (bicyclic) bond motifs is 1. The van der Waals surface area contributed by atoms with Gasteiger partial charge in [-0.2, -0.15) is 4.98 Å². The average Bonchev–Trinajstić information content (AvgIpc) is 3.31. The number of hydrogen-bond acceptors (Lipinski definition) is 7. The Balaban J connectivity index is 1.54. The molecule has 0 spiro atoms. The van der Waals surface area contributed by atoms with Crippen LogP contribution in [0.15, 0.2) is 84.1 Å². The molecule has 0 bridgehead atoms. The van der Waals surface area contributed by atoms with E-state index < -0.39 is 11.9 Å². The molecule has 0 fully saturated rings. The van der Waals surface area contributed by atoms with Crippen LogP contribution < -0.4 is 20.5 Å². The number of aromatic nitrogens is 3. The Bertz CT molecular complexity index is 1450. The molecule has 4 aromatic rings. The summed E-state index contributed by atoms with van der Waals surface area (Å²) in [5.41, 5.74) is 9.25. The Kier molecular flexibility index (Phi) is 6.03. The minimum Gasteiger partial charge on any atom is -0.508 e. The van der Waals surface area contributed by atoms with Gasteiger partial charge in [-0.05, 0) is 54.4 Å². The molecule has 36 heavy (non-hydrogen) atoms. The Morgan fingerprint density at radius 2 is 1.83 bits per heavy atom. The number of benzene rings is 3. The van der Waals surface area contributed by atoms with Crippen LogP contribution in [0.25, 0.3) is 11.4 Å². The zero-order valence-corrected chi connectivity index (χ0v) is 19.8. The molecule has 9 nitrogen and oxygen atoms in total. The standard InChI is InChI=1S/C27H25N5O4/c1-16-23(25(28)34)24(32-27(29-16)30-26(31-32)18-8-11-20(33)12-9-18)19-10-13-21(22(14-19)35-2)36-15-17-6-4-3-5-7-17/h3-14,24,33H,15H2,1-2H3,(H2,28,34)(H,29,30,31). The molecule has 1 atom stereocenters. The lowest BCUT2D eigenvalue weighted by molar-refractivity contribution is -0.115. The van der Waals surface area contributed by atoms with Gasteiger partial charge < -0.3 is 25.6 Å². The van der Waals surface area contributed by atoms with Crippen LogP contribution in [0.1, 0.15) is 24.1 Å². The number of aromatic hydroxyl groups is 1. The van der Waals surface area contributed by atoms with Crippen LogP contribution in [0.5, 0.6) is 17.2 Å². The predicted molar refractivity (Wildman–Crippen MR) is 135 cm³/mol. The number of primary amides is 1. The summed E-state index contributed by atoms with van der Waals surface area (Å²) in [5, 5.41) is 17.4. The summed E-state index contributed by atoms with van der Waals surface area (Å²) in [6.45, 7) is 2.17. The van der Waals surface area contributed by atoms with Crippen molar-refractivity contribution in [2.75, 3.05) is 12.4 Å². The van der Waals surface area contributed by atoms with Crippen molar-refractivity contribution in [1.82, 2.24) is 14.8 Å². The second-order valence-electron chi connectivity index (χ2n) is 8.37. The van der Waals surface area contributed by atoms with Gasteiger partial charge in [-0.1, -0.05) is 36.4 Å². The van der Waals surface area contributed by atoms with Gasteiger partial charge in [0.05, 0.1) is 12.7 Å². The molecular weight excluding hydrogens is 458 g/mol. The topological polar surface area (TPSA) is 125 Å². The SMILES string of the molecule is COc1cc(C2C(C(N)=O)=C(C)Nc3nc(-c4ccc(O)cc4)nn32)ccc1OCc1ccccc1. The maximum absolute atomic E-state index is 12.5. The van der Waals surface area contributed by atoms with E-state index in [0.29, 0.717) is 41.1 Å². The van der Waals surface area contributed by atoms with Gasteiger partial charge in [0.2, 0.25) is 11.9 Å². The van der Waals surface area contributed by atoms with Crippen LogP contribution in [0, 0.1) is 0 Å². The number of amides is 1. The van der Waals surface area contributed by atoms with Crippen molar-refractivity contribution in [2.45, 2.75) is 19.6 Å². The fourth-order valence-electron chi connectivity index (χ4n) is 4.22. The first kappa shape index (κ1) is 23.0. The van der Waals surface area contributed by atoms with Crippen LogP contribution in [-0.2, 0) is 11.4 Å². The van der Waals surface area contributed by atoms with Gasteiger partial charge in [-0.3, -0.25) is 4.79 Å². The van der Waals surface area contributed by atoms with E-state index in [1.165, 1.54) is 0 Å². The zero-order chi connectivity index (χ0) is 25.2. The number of phenols is 1. The van der Waals surface area contributed by atoms with Gasteiger partial charge in [0.1, 0.15) is 18.4 Å². The first-order valence-electron chi connectivity index (χ1n) is 11.3. The molecule has 1 aliphatic rings. The summed E-state index contributed by atoms with van der Waals surface area (Å²) >= 11 is 0. The van der Waals surface area contributed by atoms with Crippen LogP contribution in [0.2, 0.25) is 0 Å². The number of hydrogen-bond donors (Lipinski definition) is 3. The number of ether oxygens (including phenoxy) is 2. The quantitative estimate of drug-likeness (QED) is 0.363. The molecule has 0 radical (unpaired) electrons. The lowest BCUT2D eigenvalue weighted by atomic mass is 9.95. The maximum atomic E-state index is 12.5. The molecule has 0 aliphatic carbocycles. The van der Waals surface area contributed by atoms with Crippen molar-refractivity contribution < 1.29 is 19.4 Å². The van der Waals surface area contributed by atoms with E-state index >= 15 is 0 Å². The van der Waals surface area contributed by atoms with Crippen molar-refractivity contribution in [3.8, 4) is 28.6 Å². The Labute approximate surface area is 207 Å². The molecule has 2 heterocycles. The second-order valence-corrected chi connectivity index (χ2v) is 8.37. The molecule has 1 aromatic heterocycles. The largest absolute Gasteiger partial charge is 0.508 e. The number of phenolic OH excluding ortho intramolecular Hbond substituents is 1. The lowest BCUT2D eigenvalue weighted by Crippen LogP contribution is -2.31. The van der Waals surface area contributed by atoms with E-state index in [4.69, 9.17) is 15.2 Å². The highest BCUT2D eigenvalue weighted by Crippen LogP contribution is 2.39. The number of carbonyl (C=O) groups excluding carboxylic acids is 1. The smallest absolute Gasteiger partial charge is 0.248 e. The summed E-state index contributed by atoms with van der Waals surface area (Å²) in [6, 6.07) is 21.3. The normalized spacial score (nSPS) is 14.7. The van der Waals surface area contributed by atoms with E-state index in [-0.39, 0.29) is 5.75 Å². The highest BCUT2D eigenvalue weighted by Gasteiger charge is 2.34. The van der Waals surface area contributed by atoms with Crippen LogP contribution >= 0.6 is 0 Å². The molecule has 182 valence electrons.